The van der Waals surface area contributed by atoms with Crippen molar-refractivity contribution in [3.63, 3.8) is 0 Å². The molecular weight excluding hydrogens is 168 g/mol. The molecular formula is C9H10N2O2. The molecule has 0 fully saturated rings. The predicted octanol–water partition coefficient (Wildman–Crippen LogP) is 0.473. The first-order chi connectivity index (χ1) is 6.09. The smallest absolute Gasteiger partial charge is 0.241 e. The first kappa shape index (κ1) is 9.12. The van der Waals surface area contributed by atoms with Crippen LogP contribution in [0.5, 0.6) is 5.75 Å². The van der Waals surface area contributed by atoms with Gasteiger partial charge in [-0.15, -0.1) is 0 Å². The summed E-state index contributed by atoms with van der Waals surface area (Å²) < 4.78 is 0. The Morgan fingerprint density at radius 3 is 2.69 bits per heavy atom. The molecule has 0 aliphatic heterocycles. The molecule has 0 heterocycles. The van der Waals surface area contributed by atoms with E-state index in [1.165, 1.54) is 24.3 Å². The summed E-state index contributed by atoms with van der Waals surface area (Å²) in [6.45, 7) is 0. The molecule has 1 rings (SSSR count). The third kappa shape index (κ3) is 2.52. The quantitative estimate of drug-likeness (QED) is 0.454. The van der Waals surface area contributed by atoms with E-state index in [2.05, 4.69) is 0 Å². The van der Waals surface area contributed by atoms with Gasteiger partial charge in [-0.05, 0) is 23.8 Å². The molecule has 0 spiro atoms. The average Bonchev–Trinajstić information content (AvgIpc) is 2.02. The number of hydrogen-bond acceptors (Lipinski definition) is 3. The lowest BCUT2D eigenvalue weighted by molar-refractivity contribution is -0.113. The lowest BCUT2D eigenvalue weighted by Crippen LogP contribution is -2.05. The third-order valence-corrected chi connectivity index (χ3v) is 1.50. The van der Waals surface area contributed by atoms with Crippen molar-refractivity contribution in [2.24, 2.45) is 5.73 Å². The molecule has 0 aromatic heterocycles. The van der Waals surface area contributed by atoms with Gasteiger partial charge in [0.05, 0.1) is 0 Å². The zero-order chi connectivity index (χ0) is 9.84. The summed E-state index contributed by atoms with van der Waals surface area (Å²) in [7, 11) is 0. The largest absolute Gasteiger partial charge is 0.508 e. The van der Waals surface area contributed by atoms with Gasteiger partial charge in [0.2, 0.25) is 5.91 Å². The van der Waals surface area contributed by atoms with Crippen LogP contribution in [-0.2, 0) is 4.79 Å². The van der Waals surface area contributed by atoms with Gasteiger partial charge in [-0.1, -0.05) is 0 Å². The van der Waals surface area contributed by atoms with E-state index in [9.17, 15) is 4.79 Å². The maximum Gasteiger partial charge on any atom is 0.241 e. The number of amides is 1. The zero-order valence-electron chi connectivity index (χ0n) is 6.90. The van der Waals surface area contributed by atoms with Gasteiger partial charge in [0.15, 0.2) is 0 Å². The molecule has 0 aliphatic rings. The highest BCUT2D eigenvalue weighted by atomic mass is 16.3. The van der Waals surface area contributed by atoms with E-state index in [0.717, 1.165) is 0 Å². The van der Waals surface area contributed by atoms with Crippen molar-refractivity contribution in [3.8, 4) is 5.75 Å². The number of hydrogen-bond donors (Lipinski definition) is 3. The number of anilines is 1. The Labute approximate surface area is 75.5 Å². The molecule has 4 nitrogen and oxygen atoms in total. The standard InChI is InChI=1S/C9H10N2O2/c10-8-5-7(12)3-1-6(8)2-4-9(11)13/h1-5,12H,10H2,(H2,11,13). The van der Waals surface area contributed by atoms with Gasteiger partial charge in [0.1, 0.15) is 5.75 Å². The van der Waals surface area contributed by atoms with E-state index in [4.69, 9.17) is 16.6 Å². The highest BCUT2D eigenvalue weighted by Crippen LogP contribution is 2.19. The number of nitrogens with two attached hydrogens (primary N) is 2. The molecule has 0 radical (unpaired) electrons. The number of benzene rings is 1. The fraction of sp³-hybridized carbons (Fsp3) is 0. The van der Waals surface area contributed by atoms with E-state index in [0.29, 0.717) is 11.3 Å². The monoisotopic (exact) mass is 178 g/mol. The van der Waals surface area contributed by atoms with E-state index in [1.54, 1.807) is 6.07 Å². The highest BCUT2D eigenvalue weighted by molar-refractivity contribution is 5.91. The second-order valence-electron chi connectivity index (χ2n) is 2.55. The lowest BCUT2D eigenvalue weighted by Gasteiger charge is -1.99. The Hall–Kier alpha value is -1.97. The summed E-state index contributed by atoms with van der Waals surface area (Å²) >= 11 is 0. The number of phenols is 1. The van der Waals surface area contributed by atoms with E-state index >= 15 is 0 Å². The first-order valence-electron chi connectivity index (χ1n) is 3.65. The van der Waals surface area contributed by atoms with E-state index in [1.807, 2.05) is 0 Å². The average molecular weight is 178 g/mol. The van der Waals surface area contributed by atoms with Gasteiger partial charge < -0.3 is 16.6 Å². The van der Waals surface area contributed by atoms with Crippen LogP contribution >= 0.6 is 0 Å². The molecule has 68 valence electrons. The third-order valence-electron chi connectivity index (χ3n) is 1.50. The Balaban J connectivity index is 2.96. The van der Waals surface area contributed by atoms with E-state index < -0.39 is 5.91 Å². The highest BCUT2D eigenvalue weighted by Gasteiger charge is 1.96. The minimum Gasteiger partial charge on any atom is -0.508 e. The van der Waals surface area contributed by atoms with Crippen LogP contribution in [0.2, 0.25) is 0 Å². The molecule has 0 bridgehead atoms. The molecule has 0 saturated heterocycles. The van der Waals surface area contributed by atoms with Crippen LogP contribution in [0, 0.1) is 0 Å². The maximum absolute atomic E-state index is 10.4. The number of aromatic hydroxyl groups is 1. The van der Waals surface area contributed by atoms with Gasteiger partial charge in [-0.25, -0.2) is 0 Å². The van der Waals surface area contributed by atoms with Crippen molar-refractivity contribution in [3.05, 3.63) is 29.8 Å². The van der Waals surface area contributed by atoms with Gasteiger partial charge in [0, 0.05) is 17.8 Å². The number of nitrogen functional groups attached to an aromatic ring is 1. The van der Waals surface area contributed by atoms with Crippen LogP contribution in [0.1, 0.15) is 5.56 Å². The summed E-state index contributed by atoms with van der Waals surface area (Å²) in [4.78, 5) is 10.4. The summed E-state index contributed by atoms with van der Waals surface area (Å²) in [5.41, 5.74) is 11.5. The number of primary amides is 1. The molecule has 1 amide bonds. The normalized spacial score (nSPS) is 10.5. The molecule has 1 aromatic rings. The van der Waals surface area contributed by atoms with Gasteiger partial charge in [-0.3, -0.25) is 4.79 Å². The molecule has 13 heavy (non-hydrogen) atoms. The Morgan fingerprint density at radius 1 is 1.46 bits per heavy atom. The van der Waals surface area contributed by atoms with Crippen molar-refractivity contribution in [1.29, 1.82) is 0 Å². The Kier molecular flexibility index (Phi) is 2.54. The lowest BCUT2D eigenvalue weighted by atomic mass is 10.1. The first-order valence-corrected chi connectivity index (χ1v) is 3.65. The minimum absolute atomic E-state index is 0.0914. The molecule has 0 unspecified atom stereocenters. The van der Waals surface area contributed by atoms with Gasteiger partial charge in [0.25, 0.3) is 0 Å². The fourth-order valence-corrected chi connectivity index (χ4v) is 0.886. The summed E-state index contributed by atoms with van der Waals surface area (Å²) in [5.74, 6) is -0.443. The molecule has 1 aromatic carbocycles. The number of carbonyl (C=O) groups is 1. The second kappa shape index (κ2) is 3.62. The molecule has 0 aliphatic carbocycles. The van der Waals surface area contributed by atoms with Crippen molar-refractivity contribution in [2.75, 3.05) is 5.73 Å². The van der Waals surface area contributed by atoms with Gasteiger partial charge >= 0.3 is 0 Å². The molecule has 0 atom stereocenters. The summed E-state index contributed by atoms with van der Waals surface area (Å²) in [5, 5.41) is 9.02. The topological polar surface area (TPSA) is 89.3 Å². The van der Waals surface area contributed by atoms with Crippen molar-refractivity contribution in [1.82, 2.24) is 0 Å². The van der Waals surface area contributed by atoms with Crippen LogP contribution in [0.3, 0.4) is 0 Å². The molecule has 0 saturated carbocycles. The molecule has 4 heteroatoms. The van der Waals surface area contributed by atoms with Crippen LogP contribution in [-0.4, -0.2) is 11.0 Å². The minimum atomic E-state index is -0.535. The SMILES string of the molecule is NC(=O)C=Cc1ccc(O)cc1N. The Bertz CT molecular complexity index is 359. The number of phenolic OH excluding ortho intramolecular Hbond substituents is 1. The maximum atomic E-state index is 10.4. The second-order valence-corrected chi connectivity index (χ2v) is 2.55. The van der Waals surface area contributed by atoms with Crippen molar-refractivity contribution in [2.45, 2.75) is 0 Å². The predicted molar refractivity (Wildman–Crippen MR) is 50.7 cm³/mol. The Morgan fingerprint density at radius 2 is 2.15 bits per heavy atom. The van der Waals surface area contributed by atoms with E-state index in [-0.39, 0.29) is 5.75 Å². The summed E-state index contributed by atoms with van der Waals surface area (Å²) in [6.07, 6.45) is 2.71. The number of rotatable bonds is 2. The molecule has 5 N–H and O–H groups in total. The number of carbonyl (C=O) groups excluding carboxylic acids is 1. The van der Waals surface area contributed by atoms with Crippen LogP contribution in [0.15, 0.2) is 24.3 Å². The fourth-order valence-electron chi connectivity index (χ4n) is 0.886. The van der Waals surface area contributed by atoms with Gasteiger partial charge in [-0.2, -0.15) is 0 Å². The van der Waals surface area contributed by atoms with Crippen LogP contribution in [0.25, 0.3) is 6.08 Å². The summed E-state index contributed by atoms with van der Waals surface area (Å²) in [6, 6.07) is 4.49. The van der Waals surface area contributed by atoms with Crippen molar-refractivity contribution < 1.29 is 9.90 Å². The van der Waals surface area contributed by atoms with Crippen LogP contribution < -0.4 is 11.5 Å². The van der Waals surface area contributed by atoms with Crippen LogP contribution in [0.4, 0.5) is 5.69 Å². The van der Waals surface area contributed by atoms with Crippen molar-refractivity contribution >= 4 is 17.7 Å². The zero-order valence-corrected chi connectivity index (χ0v) is 6.90.